The Bertz CT molecular complexity index is 1290. The first-order chi connectivity index (χ1) is 15.3. The molecule has 2 heterocycles. The molecule has 1 fully saturated rings. The molecule has 0 bridgehead atoms. The Balaban J connectivity index is 2.14. The molecule has 168 valence electrons. The Kier molecular flexibility index (Phi) is 6.26. The fraction of sp³-hybridized carbons (Fsp3) is 0.333. The quantitative estimate of drug-likeness (QED) is 0.405. The molecule has 1 aromatic heterocycles. The number of rotatable bonds is 5. The number of nitrogens with zero attached hydrogens (tertiary/aromatic N) is 2. The van der Waals surface area contributed by atoms with Gasteiger partial charge in [0.15, 0.2) is 5.82 Å². The van der Waals surface area contributed by atoms with Gasteiger partial charge in [-0.3, -0.25) is 0 Å². The highest BCUT2D eigenvalue weighted by Gasteiger charge is 2.25. The molecule has 3 aromatic rings. The van der Waals surface area contributed by atoms with Gasteiger partial charge in [-0.1, -0.05) is 19.1 Å². The van der Waals surface area contributed by atoms with Gasteiger partial charge in [-0.25, -0.2) is 13.6 Å². The summed E-state index contributed by atoms with van der Waals surface area (Å²) in [6, 6.07) is 9.93. The topological polar surface area (TPSA) is 101 Å². The summed E-state index contributed by atoms with van der Waals surface area (Å²) in [6.07, 6.45) is 4.43. The molecule has 4 rings (SSSR count). The first kappa shape index (κ1) is 22.4. The zero-order valence-corrected chi connectivity index (χ0v) is 19.0. The predicted molar refractivity (Wildman–Crippen MR) is 129 cm³/mol. The first-order valence-corrected chi connectivity index (χ1v) is 12.7. The van der Waals surface area contributed by atoms with Crippen molar-refractivity contribution >= 4 is 38.2 Å². The normalized spacial score (nSPS) is 16.6. The van der Waals surface area contributed by atoms with Crippen molar-refractivity contribution < 1.29 is 13.3 Å². The number of hydrogen-bond donors (Lipinski definition) is 2. The Morgan fingerprint density at radius 1 is 1.25 bits per heavy atom. The highest BCUT2D eigenvalue weighted by molar-refractivity contribution is 7.93. The lowest BCUT2D eigenvalue weighted by atomic mass is 9.86. The number of nitrogens with one attached hydrogen (secondary N) is 1. The SMILES string of the molecule is CCS(C)(=O)=Nc1nc(C2CCOCC2)c(-c2ccc(F)cc2)c2cc(C=N)c(N)cc12. The summed E-state index contributed by atoms with van der Waals surface area (Å²) < 4.78 is 36.7. The molecule has 32 heavy (non-hydrogen) atoms. The van der Waals surface area contributed by atoms with E-state index < -0.39 is 9.73 Å². The highest BCUT2D eigenvalue weighted by atomic mass is 32.2. The third-order valence-electron chi connectivity index (χ3n) is 5.93. The van der Waals surface area contributed by atoms with Crippen molar-refractivity contribution in [1.29, 1.82) is 5.41 Å². The maximum atomic E-state index is 13.7. The minimum atomic E-state index is -2.47. The summed E-state index contributed by atoms with van der Waals surface area (Å²) in [5.74, 6) is 0.599. The maximum absolute atomic E-state index is 13.7. The molecule has 0 radical (unpaired) electrons. The van der Waals surface area contributed by atoms with Crippen LogP contribution >= 0.6 is 0 Å². The molecule has 6 nitrogen and oxygen atoms in total. The average Bonchev–Trinajstić information content (AvgIpc) is 2.80. The zero-order chi connectivity index (χ0) is 22.9. The van der Waals surface area contributed by atoms with Crippen LogP contribution in [-0.4, -0.2) is 40.6 Å². The van der Waals surface area contributed by atoms with Crippen molar-refractivity contribution in [3.63, 3.8) is 0 Å². The largest absolute Gasteiger partial charge is 0.398 e. The van der Waals surface area contributed by atoms with Crippen LogP contribution in [-0.2, 0) is 14.5 Å². The number of halogens is 1. The van der Waals surface area contributed by atoms with Crippen molar-refractivity contribution in [2.75, 3.05) is 31.0 Å². The summed E-state index contributed by atoms with van der Waals surface area (Å²) in [7, 11) is -2.47. The molecule has 0 spiro atoms. The number of fused-ring (bicyclic) bond motifs is 1. The van der Waals surface area contributed by atoms with Gasteiger partial charge < -0.3 is 15.9 Å². The summed E-state index contributed by atoms with van der Waals surface area (Å²) >= 11 is 0. The van der Waals surface area contributed by atoms with Crippen molar-refractivity contribution in [1.82, 2.24) is 4.98 Å². The van der Waals surface area contributed by atoms with Crippen molar-refractivity contribution in [2.45, 2.75) is 25.7 Å². The Labute approximate surface area is 187 Å². The number of nitrogens with two attached hydrogens (primary N) is 1. The number of anilines is 1. The van der Waals surface area contributed by atoms with Gasteiger partial charge in [0.1, 0.15) is 5.82 Å². The molecular formula is C24H27FN4O2S. The van der Waals surface area contributed by atoms with Gasteiger partial charge in [-0.2, -0.15) is 4.36 Å². The number of nitrogen functional groups attached to an aromatic ring is 1. The summed E-state index contributed by atoms with van der Waals surface area (Å²) in [5.41, 5.74) is 9.72. The molecule has 8 heteroatoms. The van der Waals surface area contributed by atoms with Gasteiger partial charge in [-0.05, 0) is 48.1 Å². The van der Waals surface area contributed by atoms with E-state index >= 15 is 0 Å². The van der Waals surface area contributed by atoms with E-state index in [1.807, 2.05) is 13.0 Å². The fourth-order valence-corrected chi connectivity index (χ4v) is 4.66. The van der Waals surface area contributed by atoms with E-state index in [0.717, 1.165) is 35.0 Å². The van der Waals surface area contributed by atoms with Gasteiger partial charge in [0.05, 0.1) is 15.4 Å². The molecule has 1 aliphatic heterocycles. The second kappa shape index (κ2) is 8.96. The van der Waals surface area contributed by atoms with Crippen molar-refractivity contribution in [2.24, 2.45) is 4.36 Å². The molecule has 0 amide bonds. The first-order valence-electron chi connectivity index (χ1n) is 10.6. The summed E-state index contributed by atoms with van der Waals surface area (Å²) in [5, 5.41) is 9.27. The van der Waals surface area contributed by atoms with Gasteiger partial charge in [0, 0.05) is 59.6 Å². The zero-order valence-electron chi connectivity index (χ0n) is 18.2. The third kappa shape index (κ3) is 4.38. The second-order valence-electron chi connectivity index (χ2n) is 8.10. The lowest BCUT2D eigenvalue weighted by Crippen LogP contribution is -2.16. The molecule has 2 aromatic carbocycles. The monoisotopic (exact) mass is 454 g/mol. The number of benzene rings is 2. The summed E-state index contributed by atoms with van der Waals surface area (Å²) in [4.78, 5) is 4.95. The number of hydrogen-bond acceptors (Lipinski definition) is 6. The molecule has 3 N–H and O–H groups in total. The van der Waals surface area contributed by atoms with Crippen LogP contribution in [0.25, 0.3) is 21.9 Å². The lowest BCUT2D eigenvalue weighted by molar-refractivity contribution is 0.0847. The van der Waals surface area contributed by atoms with Gasteiger partial charge in [0.2, 0.25) is 0 Å². The Morgan fingerprint density at radius 3 is 2.56 bits per heavy atom. The molecule has 1 atom stereocenters. The van der Waals surface area contributed by atoms with Crippen LogP contribution in [0, 0.1) is 11.2 Å². The van der Waals surface area contributed by atoms with Crippen molar-refractivity contribution in [3.8, 4) is 11.1 Å². The van der Waals surface area contributed by atoms with Crippen LogP contribution in [0.3, 0.4) is 0 Å². The predicted octanol–water partition coefficient (Wildman–Crippen LogP) is 5.26. The van der Waals surface area contributed by atoms with Gasteiger partial charge >= 0.3 is 0 Å². The number of aromatic nitrogens is 1. The Hall–Kier alpha value is -2.84. The van der Waals surface area contributed by atoms with E-state index in [-0.39, 0.29) is 11.7 Å². The van der Waals surface area contributed by atoms with E-state index in [4.69, 9.17) is 20.9 Å². The fourth-order valence-electron chi connectivity index (χ4n) is 4.02. The highest BCUT2D eigenvalue weighted by Crippen LogP contribution is 2.42. The molecule has 1 unspecified atom stereocenters. The van der Waals surface area contributed by atoms with Gasteiger partial charge in [0.25, 0.3) is 0 Å². The Morgan fingerprint density at radius 2 is 1.94 bits per heavy atom. The standard InChI is InChI=1S/C24H27FN4O2S/c1-3-32(2,30)29-24-20-13-21(27)17(14-26)12-19(20)22(15-4-6-18(25)7-5-15)23(28-24)16-8-10-31-11-9-16/h4-7,12-14,16,26H,3,8-11,27H2,1-2H3. The van der Waals surface area contributed by atoms with Gasteiger partial charge in [-0.15, -0.1) is 0 Å². The van der Waals surface area contributed by atoms with Crippen LogP contribution in [0.4, 0.5) is 15.9 Å². The molecule has 1 aliphatic rings. The van der Waals surface area contributed by atoms with E-state index in [1.54, 1.807) is 24.5 Å². The molecule has 0 aliphatic carbocycles. The van der Waals surface area contributed by atoms with E-state index in [1.165, 1.54) is 18.3 Å². The van der Waals surface area contributed by atoms with Crippen LogP contribution in [0.5, 0.6) is 0 Å². The minimum absolute atomic E-state index is 0.123. The number of ether oxygens (including phenoxy) is 1. The average molecular weight is 455 g/mol. The molecular weight excluding hydrogens is 427 g/mol. The molecule has 1 saturated heterocycles. The number of pyridine rings is 1. The second-order valence-corrected chi connectivity index (χ2v) is 10.8. The van der Waals surface area contributed by atoms with Crippen LogP contribution in [0.15, 0.2) is 40.8 Å². The van der Waals surface area contributed by atoms with E-state index in [2.05, 4.69) is 4.36 Å². The minimum Gasteiger partial charge on any atom is -0.398 e. The third-order valence-corrected chi connectivity index (χ3v) is 7.56. The maximum Gasteiger partial charge on any atom is 0.169 e. The smallest absolute Gasteiger partial charge is 0.169 e. The lowest BCUT2D eigenvalue weighted by Gasteiger charge is -2.25. The van der Waals surface area contributed by atoms with Crippen LogP contribution in [0.2, 0.25) is 0 Å². The van der Waals surface area contributed by atoms with Crippen LogP contribution < -0.4 is 5.73 Å². The molecule has 0 saturated carbocycles. The van der Waals surface area contributed by atoms with Crippen molar-refractivity contribution in [3.05, 3.63) is 53.5 Å². The van der Waals surface area contributed by atoms with E-state index in [0.29, 0.717) is 41.4 Å². The van der Waals surface area contributed by atoms with Crippen LogP contribution in [0.1, 0.15) is 36.9 Å². The van der Waals surface area contributed by atoms with E-state index in [9.17, 15) is 8.60 Å². The summed E-state index contributed by atoms with van der Waals surface area (Å²) in [6.45, 7) is 3.10.